The number of fused-ring (bicyclic) bond motifs is 1. The molecule has 0 unspecified atom stereocenters. The van der Waals surface area contributed by atoms with Crippen molar-refractivity contribution in [1.82, 2.24) is 4.98 Å². The van der Waals surface area contributed by atoms with Crippen LogP contribution >= 0.6 is 0 Å². The molecule has 1 aromatic heterocycles. The Hall–Kier alpha value is -3.00. The van der Waals surface area contributed by atoms with Gasteiger partial charge in [0.05, 0.1) is 11.4 Å². The smallest absolute Gasteiger partial charge is 0.0519 e. The molecule has 34 heavy (non-hydrogen) atoms. The third-order valence-electron chi connectivity index (χ3n) is 6.69. The first kappa shape index (κ1) is 24.1. The van der Waals surface area contributed by atoms with Crippen molar-refractivity contribution in [3.05, 3.63) is 112 Å². The van der Waals surface area contributed by atoms with Gasteiger partial charge in [0.25, 0.3) is 0 Å². The number of rotatable bonds is 4. The topological polar surface area (TPSA) is 16.1 Å². The van der Waals surface area contributed by atoms with Crippen molar-refractivity contribution in [2.45, 2.75) is 41.0 Å². The number of allylic oxidation sites excluding steroid dienone is 2. The fraction of sp³-hybridized carbons (Fsp3) is 0.194. The molecule has 0 saturated heterocycles. The number of benzene rings is 3. The summed E-state index contributed by atoms with van der Waals surface area (Å²) in [5.41, 5.74) is 14.6. The van der Waals surface area contributed by atoms with Gasteiger partial charge in [0.1, 0.15) is 0 Å². The number of para-hydroxylation sites is 2. The van der Waals surface area contributed by atoms with E-state index in [2.05, 4.69) is 106 Å². The molecular formula is C31H29IrN2-. The van der Waals surface area contributed by atoms with E-state index in [1.54, 1.807) is 0 Å². The van der Waals surface area contributed by atoms with Gasteiger partial charge in [-0.2, -0.15) is 0 Å². The standard InChI is InChI=1S/C31H29N2.Ir/c1-20-15-16-25-13-8-14-27(29(20)25)28-19-26(17-18-32-28)33(30-21(2)9-6-10-22(30)3)31-23(4)11-7-12-24(31)5;/h6-13,15,17-19H,16H2,1-5H3;/q-1;. The van der Waals surface area contributed by atoms with Crippen molar-refractivity contribution in [3.8, 4) is 11.3 Å². The first-order valence-electron chi connectivity index (χ1n) is 11.6. The average Bonchev–Trinajstić information content (AvgIpc) is 3.19. The van der Waals surface area contributed by atoms with Crippen molar-refractivity contribution >= 4 is 22.6 Å². The van der Waals surface area contributed by atoms with Gasteiger partial charge in [-0.15, -0.1) is 34.9 Å². The van der Waals surface area contributed by atoms with Crippen LogP contribution in [0.15, 0.2) is 72.9 Å². The summed E-state index contributed by atoms with van der Waals surface area (Å²) in [5.74, 6) is 0. The van der Waals surface area contributed by atoms with Crippen LogP contribution in [0.2, 0.25) is 0 Å². The average molecular weight is 622 g/mol. The van der Waals surface area contributed by atoms with Crippen LogP contribution in [-0.2, 0) is 26.5 Å². The molecule has 0 atom stereocenters. The van der Waals surface area contributed by atoms with Gasteiger partial charge >= 0.3 is 0 Å². The van der Waals surface area contributed by atoms with Crippen molar-refractivity contribution in [2.24, 2.45) is 0 Å². The Kier molecular flexibility index (Phi) is 6.89. The van der Waals surface area contributed by atoms with E-state index in [4.69, 9.17) is 4.98 Å². The van der Waals surface area contributed by atoms with Crippen LogP contribution in [0.4, 0.5) is 17.1 Å². The van der Waals surface area contributed by atoms with Crippen LogP contribution in [0.5, 0.6) is 0 Å². The predicted octanol–water partition coefficient (Wildman–Crippen LogP) is 8.21. The van der Waals surface area contributed by atoms with Crippen LogP contribution in [0.1, 0.15) is 40.3 Å². The summed E-state index contributed by atoms with van der Waals surface area (Å²) < 4.78 is 0. The molecule has 1 heterocycles. The van der Waals surface area contributed by atoms with Crippen LogP contribution in [0.25, 0.3) is 16.8 Å². The van der Waals surface area contributed by atoms with Gasteiger partial charge in [-0.3, -0.25) is 0 Å². The molecule has 1 aliphatic carbocycles. The molecular weight excluding hydrogens is 593 g/mol. The van der Waals surface area contributed by atoms with E-state index in [-0.39, 0.29) is 20.1 Å². The Morgan fingerprint density at radius 3 is 1.97 bits per heavy atom. The SMILES string of the molecule is CC1=CCc2cc[c-]c(-c3cc(N(c4c(C)cccc4C)c4c(C)cccc4C)ccn3)c21.[Ir]. The second-order valence-electron chi connectivity index (χ2n) is 9.06. The van der Waals surface area contributed by atoms with Gasteiger partial charge in [0.2, 0.25) is 0 Å². The third-order valence-corrected chi connectivity index (χ3v) is 6.69. The molecule has 3 heteroatoms. The molecule has 0 spiro atoms. The van der Waals surface area contributed by atoms with Crippen LogP contribution < -0.4 is 4.90 Å². The predicted molar refractivity (Wildman–Crippen MR) is 139 cm³/mol. The van der Waals surface area contributed by atoms with Crippen molar-refractivity contribution in [3.63, 3.8) is 0 Å². The second-order valence-corrected chi connectivity index (χ2v) is 9.06. The zero-order valence-corrected chi connectivity index (χ0v) is 22.8. The minimum atomic E-state index is 0. The Bertz CT molecular complexity index is 1310. The number of hydrogen-bond acceptors (Lipinski definition) is 2. The first-order valence-corrected chi connectivity index (χ1v) is 11.6. The molecule has 0 saturated carbocycles. The van der Waals surface area contributed by atoms with E-state index >= 15 is 0 Å². The number of nitrogens with zero attached hydrogens (tertiary/aromatic N) is 2. The zero-order chi connectivity index (χ0) is 23.1. The van der Waals surface area contributed by atoms with Gasteiger partial charge < -0.3 is 9.88 Å². The Morgan fingerprint density at radius 2 is 1.38 bits per heavy atom. The minimum Gasteiger partial charge on any atom is -0.310 e. The fourth-order valence-electron chi connectivity index (χ4n) is 5.11. The summed E-state index contributed by atoms with van der Waals surface area (Å²) in [7, 11) is 0. The van der Waals surface area contributed by atoms with E-state index in [1.807, 2.05) is 12.3 Å². The molecule has 1 radical (unpaired) electrons. The molecule has 4 aromatic rings. The van der Waals surface area contributed by atoms with Crippen LogP contribution in [-0.4, -0.2) is 4.98 Å². The maximum Gasteiger partial charge on any atom is 0.0519 e. The molecule has 1 aliphatic rings. The van der Waals surface area contributed by atoms with Crippen molar-refractivity contribution in [2.75, 3.05) is 4.90 Å². The van der Waals surface area contributed by atoms with Gasteiger partial charge in [-0.25, -0.2) is 0 Å². The van der Waals surface area contributed by atoms with E-state index in [9.17, 15) is 0 Å². The van der Waals surface area contributed by atoms with Crippen molar-refractivity contribution in [1.29, 1.82) is 0 Å². The molecule has 0 bridgehead atoms. The van der Waals surface area contributed by atoms with Gasteiger partial charge in [0.15, 0.2) is 0 Å². The molecule has 0 aliphatic heterocycles. The summed E-state index contributed by atoms with van der Waals surface area (Å²) in [6.45, 7) is 11.0. The maximum atomic E-state index is 4.80. The number of hydrogen-bond donors (Lipinski definition) is 0. The van der Waals surface area contributed by atoms with E-state index in [1.165, 1.54) is 50.3 Å². The van der Waals surface area contributed by atoms with Crippen LogP contribution in [0, 0.1) is 33.8 Å². The second kappa shape index (κ2) is 9.70. The minimum absolute atomic E-state index is 0. The molecule has 5 rings (SSSR count). The quantitative estimate of drug-likeness (QED) is 0.214. The van der Waals surface area contributed by atoms with E-state index in [0.29, 0.717) is 0 Å². The van der Waals surface area contributed by atoms with Gasteiger partial charge in [-0.1, -0.05) is 54.1 Å². The number of anilines is 3. The van der Waals surface area contributed by atoms with Crippen molar-refractivity contribution < 1.29 is 20.1 Å². The van der Waals surface area contributed by atoms with Gasteiger partial charge in [0, 0.05) is 32.0 Å². The first-order chi connectivity index (χ1) is 16.0. The largest absolute Gasteiger partial charge is 0.310 e. The fourth-order valence-corrected chi connectivity index (χ4v) is 5.11. The Labute approximate surface area is 216 Å². The van der Waals surface area contributed by atoms with E-state index < -0.39 is 0 Å². The number of aromatic nitrogens is 1. The summed E-state index contributed by atoms with van der Waals surface area (Å²) in [6.07, 6.45) is 5.21. The van der Waals surface area contributed by atoms with Gasteiger partial charge in [-0.05, 0) is 75.1 Å². The summed E-state index contributed by atoms with van der Waals surface area (Å²) >= 11 is 0. The molecule has 0 fully saturated rings. The summed E-state index contributed by atoms with van der Waals surface area (Å²) in [4.78, 5) is 7.20. The Morgan fingerprint density at radius 1 is 0.794 bits per heavy atom. The number of aryl methyl sites for hydroxylation is 4. The number of pyridine rings is 1. The normalized spacial score (nSPS) is 12.1. The third kappa shape index (κ3) is 4.15. The monoisotopic (exact) mass is 622 g/mol. The molecule has 2 nitrogen and oxygen atoms in total. The molecule has 0 N–H and O–H groups in total. The summed E-state index contributed by atoms with van der Waals surface area (Å²) in [5, 5.41) is 0. The zero-order valence-electron chi connectivity index (χ0n) is 20.4. The van der Waals surface area contributed by atoms with Crippen LogP contribution in [0.3, 0.4) is 0 Å². The summed E-state index contributed by atoms with van der Waals surface area (Å²) in [6, 6.07) is 25.1. The maximum absolute atomic E-state index is 4.80. The van der Waals surface area contributed by atoms with E-state index in [0.717, 1.165) is 23.4 Å². The molecule has 0 amide bonds. The molecule has 173 valence electrons. The Balaban J connectivity index is 0.00000274. The molecule has 3 aromatic carbocycles.